The van der Waals surface area contributed by atoms with Crippen molar-refractivity contribution in [1.82, 2.24) is 4.90 Å². The Bertz CT molecular complexity index is 549. The Hall–Kier alpha value is -1.60. The Kier molecular flexibility index (Phi) is 5.42. The number of amides is 1. The molecule has 0 aliphatic carbocycles. The van der Waals surface area contributed by atoms with Crippen LogP contribution in [0.2, 0.25) is 0 Å². The molecule has 0 bridgehead atoms. The smallest absolute Gasteiger partial charge is 0.269 e. The van der Waals surface area contributed by atoms with Crippen LogP contribution in [0.3, 0.4) is 0 Å². The number of morpholine rings is 1. The summed E-state index contributed by atoms with van der Waals surface area (Å²) in [6, 6.07) is 6.34. The Morgan fingerprint density at radius 3 is 2.64 bits per heavy atom. The standard InChI is InChI=1S/C15H20N2O4S/c1-10-9-21-11(2)8-16(10)15(18)12(3)22-14-6-4-13(5-7-14)17(19)20/h4-7,10-12H,8-9H2,1-3H3. The zero-order valence-electron chi connectivity index (χ0n) is 12.9. The Balaban J connectivity index is 2.00. The number of nitro benzene ring substituents is 1. The molecule has 1 aliphatic rings. The van der Waals surface area contributed by atoms with Gasteiger partial charge in [-0.3, -0.25) is 14.9 Å². The molecular weight excluding hydrogens is 304 g/mol. The number of rotatable bonds is 4. The van der Waals surface area contributed by atoms with Crippen molar-refractivity contribution in [2.75, 3.05) is 13.2 Å². The van der Waals surface area contributed by atoms with Gasteiger partial charge >= 0.3 is 0 Å². The first kappa shape index (κ1) is 16.8. The predicted octanol–water partition coefficient (Wildman–Crippen LogP) is 2.71. The van der Waals surface area contributed by atoms with Gasteiger partial charge in [0.2, 0.25) is 5.91 Å². The first-order valence-corrected chi connectivity index (χ1v) is 8.09. The second-order valence-electron chi connectivity index (χ2n) is 5.49. The van der Waals surface area contributed by atoms with Crippen molar-refractivity contribution in [2.24, 2.45) is 0 Å². The molecule has 1 fully saturated rings. The van der Waals surface area contributed by atoms with E-state index in [1.165, 1.54) is 23.9 Å². The average Bonchev–Trinajstić information content (AvgIpc) is 2.49. The van der Waals surface area contributed by atoms with Crippen molar-refractivity contribution in [3.8, 4) is 0 Å². The average molecular weight is 324 g/mol. The monoisotopic (exact) mass is 324 g/mol. The topological polar surface area (TPSA) is 72.7 Å². The number of nitro groups is 1. The minimum atomic E-state index is -0.431. The van der Waals surface area contributed by atoms with Crippen molar-refractivity contribution in [3.63, 3.8) is 0 Å². The number of carbonyl (C=O) groups excluding carboxylic acids is 1. The maximum absolute atomic E-state index is 12.6. The summed E-state index contributed by atoms with van der Waals surface area (Å²) < 4.78 is 5.54. The lowest BCUT2D eigenvalue weighted by Gasteiger charge is -2.38. The molecule has 1 saturated heterocycles. The largest absolute Gasteiger partial charge is 0.375 e. The molecule has 1 aromatic rings. The molecule has 3 atom stereocenters. The molecule has 2 rings (SSSR count). The van der Waals surface area contributed by atoms with Crippen LogP contribution in [0.15, 0.2) is 29.2 Å². The molecule has 6 nitrogen and oxygen atoms in total. The van der Waals surface area contributed by atoms with E-state index in [2.05, 4.69) is 0 Å². The van der Waals surface area contributed by atoms with Crippen LogP contribution < -0.4 is 0 Å². The molecule has 1 amide bonds. The molecule has 1 heterocycles. The molecule has 1 aliphatic heterocycles. The quantitative estimate of drug-likeness (QED) is 0.484. The van der Waals surface area contributed by atoms with E-state index in [4.69, 9.17) is 4.74 Å². The lowest BCUT2D eigenvalue weighted by molar-refractivity contribution is -0.384. The molecule has 0 spiro atoms. The van der Waals surface area contributed by atoms with Crippen molar-refractivity contribution in [2.45, 2.75) is 43.1 Å². The minimum absolute atomic E-state index is 0.0525. The van der Waals surface area contributed by atoms with Crippen molar-refractivity contribution >= 4 is 23.4 Å². The highest BCUT2D eigenvalue weighted by atomic mass is 32.2. The summed E-state index contributed by atoms with van der Waals surface area (Å²) in [6.07, 6.45) is 0.0525. The second kappa shape index (κ2) is 7.11. The Labute approximate surface area is 134 Å². The van der Waals surface area contributed by atoms with Crippen LogP contribution >= 0.6 is 11.8 Å². The molecule has 1 aromatic carbocycles. The number of benzene rings is 1. The van der Waals surface area contributed by atoms with E-state index in [9.17, 15) is 14.9 Å². The number of ether oxygens (including phenoxy) is 1. The van der Waals surface area contributed by atoms with Crippen molar-refractivity contribution < 1.29 is 14.5 Å². The normalized spacial score (nSPS) is 23.1. The molecule has 120 valence electrons. The molecule has 22 heavy (non-hydrogen) atoms. The van der Waals surface area contributed by atoms with Crippen LogP contribution in [0, 0.1) is 10.1 Å². The van der Waals surface area contributed by atoms with E-state index >= 15 is 0 Å². The lowest BCUT2D eigenvalue weighted by atomic mass is 10.2. The van der Waals surface area contributed by atoms with Gasteiger partial charge in [0, 0.05) is 23.6 Å². The summed E-state index contributed by atoms with van der Waals surface area (Å²) in [4.78, 5) is 25.5. The third-order valence-electron chi connectivity index (χ3n) is 3.60. The maximum atomic E-state index is 12.6. The van der Waals surface area contributed by atoms with Gasteiger partial charge in [-0.15, -0.1) is 11.8 Å². The summed E-state index contributed by atoms with van der Waals surface area (Å²) in [7, 11) is 0. The summed E-state index contributed by atoms with van der Waals surface area (Å²) in [5.41, 5.74) is 0.0546. The van der Waals surface area contributed by atoms with E-state index in [-0.39, 0.29) is 29.0 Å². The predicted molar refractivity (Wildman–Crippen MR) is 85.0 cm³/mol. The highest BCUT2D eigenvalue weighted by molar-refractivity contribution is 8.00. The highest BCUT2D eigenvalue weighted by Crippen LogP contribution is 2.27. The molecule has 0 aromatic heterocycles. The van der Waals surface area contributed by atoms with Crippen LogP contribution in [0.1, 0.15) is 20.8 Å². The van der Waals surface area contributed by atoms with Crippen LogP contribution in [0.4, 0.5) is 5.69 Å². The first-order chi connectivity index (χ1) is 10.4. The van der Waals surface area contributed by atoms with Gasteiger partial charge in [-0.1, -0.05) is 0 Å². The van der Waals surface area contributed by atoms with Gasteiger partial charge in [0.1, 0.15) is 0 Å². The summed E-state index contributed by atoms with van der Waals surface area (Å²) in [5, 5.41) is 10.4. The molecule has 0 N–H and O–H groups in total. The van der Waals surface area contributed by atoms with Gasteiger partial charge in [0.05, 0.1) is 28.9 Å². The third kappa shape index (κ3) is 3.98. The number of hydrogen-bond donors (Lipinski definition) is 0. The van der Waals surface area contributed by atoms with Crippen molar-refractivity contribution in [3.05, 3.63) is 34.4 Å². The van der Waals surface area contributed by atoms with Crippen LogP contribution in [0.5, 0.6) is 0 Å². The number of non-ortho nitro benzene ring substituents is 1. The summed E-state index contributed by atoms with van der Waals surface area (Å²) >= 11 is 1.41. The first-order valence-electron chi connectivity index (χ1n) is 7.21. The lowest BCUT2D eigenvalue weighted by Crippen LogP contribution is -2.52. The minimum Gasteiger partial charge on any atom is -0.375 e. The van der Waals surface area contributed by atoms with Gasteiger partial charge in [0.25, 0.3) is 5.69 Å². The Morgan fingerprint density at radius 2 is 2.05 bits per heavy atom. The molecular formula is C15H20N2O4S. The number of carbonyl (C=O) groups is 1. The van der Waals surface area contributed by atoms with E-state index < -0.39 is 4.92 Å². The fraction of sp³-hybridized carbons (Fsp3) is 0.533. The van der Waals surface area contributed by atoms with Gasteiger partial charge in [-0.05, 0) is 32.9 Å². The van der Waals surface area contributed by atoms with E-state index in [1.807, 2.05) is 25.7 Å². The summed E-state index contributed by atoms with van der Waals surface area (Å²) in [6.45, 7) is 6.96. The van der Waals surface area contributed by atoms with Crippen LogP contribution in [-0.4, -0.2) is 46.3 Å². The fourth-order valence-electron chi connectivity index (χ4n) is 2.34. The Morgan fingerprint density at radius 1 is 1.41 bits per heavy atom. The molecule has 0 saturated carbocycles. The van der Waals surface area contributed by atoms with Gasteiger partial charge < -0.3 is 9.64 Å². The van der Waals surface area contributed by atoms with E-state index in [0.717, 1.165) is 4.90 Å². The number of hydrogen-bond acceptors (Lipinski definition) is 5. The van der Waals surface area contributed by atoms with Gasteiger partial charge in [-0.25, -0.2) is 0 Å². The summed E-state index contributed by atoms with van der Waals surface area (Å²) in [5.74, 6) is 0.0750. The van der Waals surface area contributed by atoms with Gasteiger partial charge in [0.15, 0.2) is 0 Å². The maximum Gasteiger partial charge on any atom is 0.269 e. The SMILES string of the molecule is CC1CN(C(=O)C(C)Sc2ccc([N+](=O)[O-])cc2)C(C)CO1. The molecule has 7 heteroatoms. The van der Waals surface area contributed by atoms with E-state index in [0.29, 0.717) is 13.2 Å². The van der Waals surface area contributed by atoms with Crippen LogP contribution in [-0.2, 0) is 9.53 Å². The zero-order valence-corrected chi connectivity index (χ0v) is 13.7. The van der Waals surface area contributed by atoms with Crippen molar-refractivity contribution in [1.29, 1.82) is 0 Å². The number of nitrogens with zero attached hydrogens (tertiary/aromatic N) is 2. The second-order valence-corrected chi connectivity index (χ2v) is 6.91. The number of thioether (sulfide) groups is 1. The van der Waals surface area contributed by atoms with Crippen LogP contribution in [0.25, 0.3) is 0 Å². The van der Waals surface area contributed by atoms with Gasteiger partial charge in [-0.2, -0.15) is 0 Å². The zero-order chi connectivity index (χ0) is 16.3. The molecule has 3 unspecified atom stereocenters. The fourth-order valence-corrected chi connectivity index (χ4v) is 3.28. The van der Waals surface area contributed by atoms with E-state index in [1.54, 1.807) is 12.1 Å². The molecule has 0 radical (unpaired) electrons. The third-order valence-corrected chi connectivity index (χ3v) is 4.70. The highest BCUT2D eigenvalue weighted by Gasteiger charge is 2.30.